The number of aryl methyl sites for hydroxylation is 1. The predicted octanol–water partition coefficient (Wildman–Crippen LogP) is 3.16. The number of rotatable bonds is 2. The van der Waals surface area contributed by atoms with Gasteiger partial charge in [0.25, 0.3) is 5.91 Å². The second kappa shape index (κ2) is 6.67. The number of nitrogens with one attached hydrogen (secondary N) is 1. The first-order valence-electron chi connectivity index (χ1n) is 8.98. The first-order chi connectivity index (χ1) is 12.2. The van der Waals surface area contributed by atoms with Crippen molar-refractivity contribution < 1.29 is 14.3 Å². The summed E-state index contributed by atoms with van der Waals surface area (Å²) in [5.41, 5.74) is 1.20. The van der Waals surface area contributed by atoms with Crippen LogP contribution in [0.3, 0.4) is 0 Å². The lowest BCUT2D eigenvalue weighted by molar-refractivity contribution is 0.0494. The standard InChI is InChI=1S/C20H27N3O3/c1-13-10-23(12-16(13)21-19(25)26-20(2,3)4)18(24)15-11-22(5)17-9-7-6-8-14(15)17/h6-9,11,13,16H,10,12H2,1-5H3,(H,21,25)/t13-,16+/m1/s1. The molecule has 2 amide bonds. The zero-order chi connectivity index (χ0) is 19.1. The Labute approximate surface area is 154 Å². The highest BCUT2D eigenvalue weighted by molar-refractivity contribution is 6.07. The molecule has 2 aromatic rings. The number of carbonyl (C=O) groups excluding carboxylic acids is 2. The van der Waals surface area contributed by atoms with Crippen molar-refractivity contribution in [1.82, 2.24) is 14.8 Å². The molecule has 140 valence electrons. The van der Waals surface area contributed by atoms with Crippen molar-refractivity contribution in [3.05, 3.63) is 36.0 Å². The summed E-state index contributed by atoms with van der Waals surface area (Å²) in [6, 6.07) is 7.78. The molecule has 1 aromatic heterocycles. The monoisotopic (exact) mass is 357 g/mol. The topological polar surface area (TPSA) is 63.6 Å². The quantitative estimate of drug-likeness (QED) is 0.898. The first-order valence-corrected chi connectivity index (χ1v) is 8.98. The molecule has 1 N–H and O–H groups in total. The largest absolute Gasteiger partial charge is 0.444 e. The van der Waals surface area contributed by atoms with Crippen LogP contribution in [0.5, 0.6) is 0 Å². The molecule has 1 aromatic carbocycles. The molecule has 6 nitrogen and oxygen atoms in total. The van der Waals surface area contributed by atoms with Gasteiger partial charge in [-0.2, -0.15) is 0 Å². The van der Waals surface area contributed by atoms with Gasteiger partial charge in [-0.25, -0.2) is 4.79 Å². The summed E-state index contributed by atoms with van der Waals surface area (Å²) in [6.07, 6.45) is 1.44. The summed E-state index contributed by atoms with van der Waals surface area (Å²) >= 11 is 0. The number of likely N-dealkylation sites (tertiary alicyclic amines) is 1. The summed E-state index contributed by atoms with van der Waals surface area (Å²) in [7, 11) is 1.94. The van der Waals surface area contributed by atoms with E-state index in [4.69, 9.17) is 4.74 Å². The normalized spacial score (nSPS) is 20.4. The molecule has 1 fully saturated rings. The van der Waals surface area contributed by atoms with E-state index in [0.29, 0.717) is 18.7 Å². The molecule has 6 heteroatoms. The number of benzene rings is 1. The highest BCUT2D eigenvalue weighted by Gasteiger charge is 2.35. The minimum atomic E-state index is -0.537. The molecule has 2 heterocycles. The molecular weight excluding hydrogens is 330 g/mol. The van der Waals surface area contributed by atoms with E-state index in [1.807, 2.05) is 74.7 Å². The third-order valence-corrected chi connectivity index (χ3v) is 4.73. The molecule has 0 radical (unpaired) electrons. The highest BCUT2D eigenvalue weighted by Crippen LogP contribution is 2.25. The van der Waals surface area contributed by atoms with Gasteiger partial charge in [0, 0.05) is 37.2 Å². The summed E-state index contributed by atoms with van der Waals surface area (Å²) in [5, 5.41) is 3.86. The van der Waals surface area contributed by atoms with E-state index in [1.165, 1.54) is 0 Å². The van der Waals surface area contributed by atoms with Crippen molar-refractivity contribution in [3.8, 4) is 0 Å². The number of para-hydroxylation sites is 1. The van der Waals surface area contributed by atoms with Gasteiger partial charge in [0.1, 0.15) is 5.60 Å². The van der Waals surface area contributed by atoms with Gasteiger partial charge >= 0.3 is 6.09 Å². The maximum Gasteiger partial charge on any atom is 0.407 e. The minimum absolute atomic E-state index is 0.00198. The molecule has 0 aliphatic carbocycles. The van der Waals surface area contributed by atoms with Crippen LogP contribution < -0.4 is 5.32 Å². The van der Waals surface area contributed by atoms with Gasteiger partial charge in [-0.05, 0) is 32.8 Å². The molecule has 0 spiro atoms. The Bertz CT molecular complexity index is 834. The van der Waals surface area contributed by atoms with E-state index in [9.17, 15) is 9.59 Å². The van der Waals surface area contributed by atoms with Gasteiger partial charge in [-0.15, -0.1) is 0 Å². The Balaban J connectivity index is 1.72. The number of hydrogen-bond donors (Lipinski definition) is 1. The van der Waals surface area contributed by atoms with Crippen LogP contribution in [0.1, 0.15) is 38.1 Å². The maximum absolute atomic E-state index is 13.0. The molecule has 1 aliphatic heterocycles. The number of hydrogen-bond acceptors (Lipinski definition) is 3. The third kappa shape index (κ3) is 3.69. The van der Waals surface area contributed by atoms with Crippen LogP contribution in [0.25, 0.3) is 10.9 Å². The predicted molar refractivity (Wildman–Crippen MR) is 101 cm³/mol. The number of ether oxygens (including phenoxy) is 1. The SMILES string of the molecule is C[C@@H]1CN(C(=O)c2cn(C)c3ccccc23)C[C@@H]1NC(=O)OC(C)(C)C. The molecule has 26 heavy (non-hydrogen) atoms. The molecule has 0 saturated carbocycles. The molecule has 0 bridgehead atoms. The lowest BCUT2D eigenvalue weighted by Crippen LogP contribution is -2.43. The molecule has 1 saturated heterocycles. The van der Waals surface area contributed by atoms with Crippen LogP contribution in [-0.2, 0) is 11.8 Å². The van der Waals surface area contributed by atoms with Gasteiger partial charge in [0.15, 0.2) is 0 Å². The van der Waals surface area contributed by atoms with E-state index in [0.717, 1.165) is 10.9 Å². The Hall–Kier alpha value is -2.50. The summed E-state index contributed by atoms with van der Waals surface area (Å²) in [6.45, 7) is 8.65. The molecule has 0 unspecified atom stereocenters. The second-order valence-corrected chi connectivity index (χ2v) is 8.11. The number of fused-ring (bicyclic) bond motifs is 1. The van der Waals surface area contributed by atoms with Crippen molar-refractivity contribution in [2.24, 2.45) is 13.0 Å². The van der Waals surface area contributed by atoms with Gasteiger partial charge in [0.2, 0.25) is 0 Å². The second-order valence-electron chi connectivity index (χ2n) is 8.11. The number of nitrogens with zero attached hydrogens (tertiary/aromatic N) is 2. The Morgan fingerprint density at radius 1 is 1.19 bits per heavy atom. The Morgan fingerprint density at radius 3 is 2.58 bits per heavy atom. The van der Waals surface area contributed by atoms with Gasteiger partial charge < -0.3 is 19.5 Å². The van der Waals surface area contributed by atoms with Crippen molar-refractivity contribution in [3.63, 3.8) is 0 Å². The average Bonchev–Trinajstić information content (AvgIpc) is 3.06. The third-order valence-electron chi connectivity index (χ3n) is 4.73. The van der Waals surface area contributed by atoms with Crippen LogP contribution in [-0.4, -0.2) is 46.2 Å². The summed E-state index contributed by atoms with van der Waals surface area (Å²) in [5.74, 6) is 0.170. The molecule has 2 atom stereocenters. The van der Waals surface area contributed by atoms with Crippen LogP contribution in [0.15, 0.2) is 30.5 Å². The Morgan fingerprint density at radius 2 is 1.88 bits per heavy atom. The lowest BCUT2D eigenvalue weighted by atomic mass is 10.1. The highest BCUT2D eigenvalue weighted by atomic mass is 16.6. The van der Waals surface area contributed by atoms with Gasteiger partial charge in [0.05, 0.1) is 11.6 Å². The van der Waals surface area contributed by atoms with Crippen molar-refractivity contribution in [1.29, 1.82) is 0 Å². The number of alkyl carbamates (subject to hydrolysis) is 1. The van der Waals surface area contributed by atoms with Crippen LogP contribution >= 0.6 is 0 Å². The smallest absolute Gasteiger partial charge is 0.407 e. The fourth-order valence-electron chi connectivity index (χ4n) is 3.46. The van der Waals surface area contributed by atoms with Gasteiger partial charge in [-0.1, -0.05) is 25.1 Å². The molecule has 1 aliphatic rings. The summed E-state index contributed by atoms with van der Waals surface area (Å²) < 4.78 is 7.30. The Kier molecular flexibility index (Phi) is 4.69. The molecule has 3 rings (SSSR count). The van der Waals surface area contributed by atoms with Crippen LogP contribution in [0.2, 0.25) is 0 Å². The van der Waals surface area contributed by atoms with E-state index >= 15 is 0 Å². The fourth-order valence-corrected chi connectivity index (χ4v) is 3.46. The first kappa shape index (κ1) is 18.3. The average molecular weight is 357 g/mol. The zero-order valence-corrected chi connectivity index (χ0v) is 16.1. The maximum atomic E-state index is 13.0. The lowest BCUT2D eigenvalue weighted by Gasteiger charge is -2.23. The minimum Gasteiger partial charge on any atom is -0.444 e. The van der Waals surface area contributed by atoms with Crippen LogP contribution in [0, 0.1) is 5.92 Å². The van der Waals surface area contributed by atoms with Gasteiger partial charge in [-0.3, -0.25) is 4.79 Å². The van der Waals surface area contributed by atoms with E-state index in [2.05, 4.69) is 5.32 Å². The van der Waals surface area contributed by atoms with Crippen molar-refractivity contribution in [2.75, 3.05) is 13.1 Å². The summed E-state index contributed by atoms with van der Waals surface area (Å²) in [4.78, 5) is 26.9. The van der Waals surface area contributed by atoms with Crippen LogP contribution in [0.4, 0.5) is 4.79 Å². The fraction of sp³-hybridized carbons (Fsp3) is 0.500. The van der Waals surface area contributed by atoms with E-state index < -0.39 is 11.7 Å². The number of amides is 2. The van der Waals surface area contributed by atoms with Crippen molar-refractivity contribution in [2.45, 2.75) is 39.3 Å². The zero-order valence-electron chi connectivity index (χ0n) is 16.1. The van der Waals surface area contributed by atoms with Crippen molar-refractivity contribution >= 4 is 22.9 Å². The number of carbonyl (C=O) groups is 2. The van der Waals surface area contributed by atoms with E-state index in [1.54, 1.807) is 0 Å². The van der Waals surface area contributed by atoms with E-state index in [-0.39, 0.29) is 17.9 Å². The molecular formula is C20H27N3O3. The number of aromatic nitrogens is 1.